The van der Waals surface area contributed by atoms with Gasteiger partial charge in [-0.15, -0.1) is 0 Å². The van der Waals surface area contributed by atoms with Gasteiger partial charge in [-0.2, -0.15) is 0 Å². The molecule has 2 N–H and O–H groups in total. The molecule has 0 saturated carbocycles. The second-order valence-electron chi connectivity index (χ2n) is 2.90. The Balaban J connectivity index is 3.23. The van der Waals surface area contributed by atoms with Crippen LogP contribution in [0.3, 0.4) is 0 Å². The average Bonchev–Trinajstić information content (AvgIpc) is 2.14. The highest BCUT2D eigenvalue weighted by molar-refractivity contribution is 5.20. The smallest absolute Gasteiger partial charge is 0.331 e. The molecule has 0 atom stereocenters. The second-order valence-corrected chi connectivity index (χ2v) is 2.90. The predicted octanol–water partition coefficient (Wildman–Crippen LogP) is -0.0898. The van der Waals surface area contributed by atoms with Crippen molar-refractivity contribution in [2.24, 2.45) is 0 Å². The zero-order valence-electron chi connectivity index (χ0n) is 7.71. The van der Waals surface area contributed by atoms with Gasteiger partial charge in [0.2, 0.25) is 5.88 Å². The van der Waals surface area contributed by atoms with Gasteiger partial charge in [-0.05, 0) is 13.3 Å². The van der Waals surface area contributed by atoms with Crippen molar-refractivity contribution in [3.8, 4) is 5.88 Å². The van der Waals surface area contributed by atoms with Gasteiger partial charge in [0, 0.05) is 6.54 Å². The van der Waals surface area contributed by atoms with E-state index in [1.165, 1.54) is 6.92 Å². The average molecular weight is 202 g/mol. The number of hydrogen-bond acceptors (Lipinski definition) is 3. The van der Waals surface area contributed by atoms with Crippen LogP contribution in [-0.2, 0) is 6.54 Å². The fourth-order valence-corrected chi connectivity index (χ4v) is 1.08. The first kappa shape index (κ1) is 10.5. The van der Waals surface area contributed by atoms with Crippen LogP contribution in [0.5, 0.6) is 5.88 Å². The molecular weight excluding hydrogens is 191 g/mol. The molecule has 0 bridgehead atoms. The van der Waals surface area contributed by atoms with Gasteiger partial charge in [-0.1, -0.05) is 0 Å². The zero-order chi connectivity index (χ0) is 10.7. The van der Waals surface area contributed by atoms with Crippen molar-refractivity contribution in [1.29, 1.82) is 0 Å². The molecule has 0 spiro atoms. The van der Waals surface area contributed by atoms with Gasteiger partial charge in [0.15, 0.2) is 0 Å². The molecule has 0 fully saturated rings. The van der Waals surface area contributed by atoms with E-state index in [1.807, 2.05) is 4.98 Å². The molecule has 14 heavy (non-hydrogen) atoms. The first-order chi connectivity index (χ1) is 6.57. The molecule has 0 aromatic carbocycles. The minimum Gasteiger partial charge on any atom is -0.494 e. The van der Waals surface area contributed by atoms with Crippen LogP contribution in [0.2, 0.25) is 0 Å². The summed E-state index contributed by atoms with van der Waals surface area (Å²) in [7, 11) is 0. The van der Waals surface area contributed by atoms with Gasteiger partial charge in [-0.3, -0.25) is 18.7 Å². The van der Waals surface area contributed by atoms with Crippen LogP contribution in [0, 0.1) is 6.92 Å². The number of nitrogens with one attached hydrogen (secondary N) is 1. The quantitative estimate of drug-likeness (QED) is 0.719. The summed E-state index contributed by atoms with van der Waals surface area (Å²) in [5, 5.41) is 9.41. The Bertz CT molecular complexity index is 435. The summed E-state index contributed by atoms with van der Waals surface area (Å²) in [6.07, 6.45) is 0.124. The van der Waals surface area contributed by atoms with E-state index in [4.69, 9.17) is 0 Å². The van der Waals surface area contributed by atoms with E-state index in [0.29, 0.717) is 0 Å². The third kappa shape index (κ3) is 1.84. The third-order valence-electron chi connectivity index (χ3n) is 1.91. The van der Waals surface area contributed by atoms with E-state index >= 15 is 0 Å². The summed E-state index contributed by atoms with van der Waals surface area (Å²) < 4.78 is 12.8. The van der Waals surface area contributed by atoms with Crippen LogP contribution in [0.25, 0.3) is 0 Å². The standard InChI is InChI=1S/C8H11FN2O3/c1-5-6(12)10-8(14)11(7(5)13)4-2-3-9/h13H,2-4H2,1H3,(H,10,12,14). The van der Waals surface area contributed by atoms with Gasteiger partial charge < -0.3 is 5.11 Å². The number of aromatic amines is 1. The lowest BCUT2D eigenvalue weighted by molar-refractivity contribution is 0.374. The van der Waals surface area contributed by atoms with E-state index < -0.39 is 23.8 Å². The summed E-state index contributed by atoms with van der Waals surface area (Å²) in [4.78, 5) is 24.2. The zero-order valence-corrected chi connectivity index (χ0v) is 7.71. The van der Waals surface area contributed by atoms with Crippen molar-refractivity contribution in [2.75, 3.05) is 6.67 Å². The Morgan fingerprint density at radius 2 is 2.14 bits per heavy atom. The Hall–Kier alpha value is -1.59. The number of nitrogens with zero attached hydrogens (tertiary/aromatic N) is 1. The van der Waals surface area contributed by atoms with Crippen molar-refractivity contribution in [2.45, 2.75) is 19.9 Å². The van der Waals surface area contributed by atoms with Crippen LogP contribution in [-0.4, -0.2) is 21.3 Å². The van der Waals surface area contributed by atoms with Crippen LogP contribution < -0.4 is 11.2 Å². The number of alkyl halides is 1. The molecule has 1 heterocycles. The fourth-order valence-electron chi connectivity index (χ4n) is 1.08. The normalized spacial score (nSPS) is 10.4. The van der Waals surface area contributed by atoms with Crippen LogP contribution in [0.15, 0.2) is 9.59 Å². The Kier molecular flexibility index (Phi) is 3.06. The SMILES string of the molecule is Cc1c(O)n(CCCF)c(=O)[nH]c1=O. The number of aromatic hydroxyl groups is 1. The molecule has 0 aliphatic carbocycles. The maximum atomic E-state index is 11.9. The van der Waals surface area contributed by atoms with Crippen LogP contribution in [0.4, 0.5) is 4.39 Å². The summed E-state index contributed by atoms with van der Waals surface area (Å²) in [6, 6.07) is 0. The molecule has 1 rings (SSSR count). The number of rotatable bonds is 3. The highest BCUT2D eigenvalue weighted by Gasteiger charge is 2.09. The number of aromatic nitrogens is 2. The predicted molar refractivity (Wildman–Crippen MR) is 48.3 cm³/mol. The summed E-state index contributed by atoms with van der Waals surface area (Å²) >= 11 is 0. The maximum absolute atomic E-state index is 11.9. The molecule has 5 nitrogen and oxygen atoms in total. The third-order valence-corrected chi connectivity index (χ3v) is 1.91. The molecule has 0 aliphatic heterocycles. The highest BCUT2D eigenvalue weighted by Crippen LogP contribution is 2.08. The van der Waals surface area contributed by atoms with E-state index in [2.05, 4.69) is 0 Å². The van der Waals surface area contributed by atoms with Crippen molar-refractivity contribution >= 4 is 0 Å². The van der Waals surface area contributed by atoms with Crippen molar-refractivity contribution in [3.05, 3.63) is 26.4 Å². The van der Waals surface area contributed by atoms with Gasteiger partial charge in [0.1, 0.15) is 0 Å². The number of H-pyrrole nitrogens is 1. The number of hydrogen-bond donors (Lipinski definition) is 2. The van der Waals surface area contributed by atoms with E-state index in [1.54, 1.807) is 0 Å². The molecular formula is C8H11FN2O3. The Morgan fingerprint density at radius 3 is 2.71 bits per heavy atom. The minimum absolute atomic E-state index is 0.0544. The molecule has 0 saturated heterocycles. The lowest BCUT2D eigenvalue weighted by atomic mass is 10.3. The summed E-state index contributed by atoms with van der Waals surface area (Å²) in [5.74, 6) is -0.396. The van der Waals surface area contributed by atoms with E-state index in [-0.39, 0.29) is 18.5 Å². The molecule has 78 valence electrons. The van der Waals surface area contributed by atoms with Crippen LogP contribution >= 0.6 is 0 Å². The molecule has 1 aromatic rings. The largest absolute Gasteiger partial charge is 0.494 e. The van der Waals surface area contributed by atoms with Crippen LogP contribution in [0.1, 0.15) is 12.0 Å². The monoisotopic (exact) mass is 202 g/mol. The van der Waals surface area contributed by atoms with Crippen molar-refractivity contribution in [3.63, 3.8) is 0 Å². The number of halogens is 1. The van der Waals surface area contributed by atoms with Gasteiger partial charge in [-0.25, -0.2) is 4.79 Å². The minimum atomic E-state index is -0.716. The molecule has 1 aromatic heterocycles. The molecule has 0 amide bonds. The van der Waals surface area contributed by atoms with Gasteiger partial charge in [0.05, 0.1) is 12.2 Å². The lowest BCUT2D eigenvalue weighted by Gasteiger charge is -2.07. The first-order valence-corrected chi connectivity index (χ1v) is 4.16. The Labute approximate surface area is 78.8 Å². The van der Waals surface area contributed by atoms with Gasteiger partial charge >= 0.3 is 5.69 Å². The Morgan fingerprint density at radius 1 is 1.50 bits per heavy atom. The summed E-state index contributed by atoms with van der Waals surface area (Å²) in [5.41, 5.74) is -1.28. The summed E-state index contributed by atoms with van der Waals surface area (Å²) in [6.45, 7) is 0.863. The second kappa shape index (κ2) is 4.08. The van der Waals surface area contributed by atoms with E-state index in [0.717, 1.165) is 4.57 Å². The fraction of sp³-hybridized carbons (Fsp3) is 0.500. The first-order valence-electron chi connectivity index (χ1n) is 4.16. The molecule has 0 radical (unpaired) electrons. The topological polar surface area (TPSA) is 75.1 Å². The van der Waals surface area contributed by atoms with E-state index in [9.17, 15) is 19.1 Å². The molecule has 0 aliphatic rings. The maximum Gasteiger partial charge on any atom is 0.331 e. The highest BCUT2D eigenvalue weighted by atomic mass is 19.1. The lowest BCUT2D eigenvalue weighted by Crippen LogP contribution is -2.31. The van der Waals surface area contributed by atoms with Crippen molar-refractivity contribution in [1.82, 2.24) is 9.55 Å². The molecule has 6 heteroatoms. The van der Waals surface area contributed by atoms with Crippen molar-refractivity contribution < 1.29 is 9.50 Å². The van der Waals surface area contributed by atoms with Gasteiger partial charge in [0.25, 0.3) is 5.56 Å². The molecule has 0 unspecified atom stereocenters.